The van der Waals surface area contributed by atoms with E-state index < -0.39 is 6.10 Å². The zero-order chi connectivity index (χ0) is 12.8. The van der Waals surface area contributed by atoms with E-state index in [1.54, 1.807) is 11.3 Å². The Hall–Kier alpha value is -0.910. The van der Waals surface area contributed by atoms with Gasteiger partial charge in [0.05, 0.1) is 6.04 Å². The number of nitrogens with two attached hydrogens (primary N) is 1. The van der Waals surface area contributed by atoms with Gasteiger partial charge in [-0.05, 0) is 17.4 Å². The molecule has 2 unspecified atom stereocenters. The highest BCUT2D eigenvalue weighted by atomic mass is 32.1. The molecule has 1 rings (SSSR count). The molecular formula is C12H20N2O2S. The molecule has 2 atom stereocenters. The molecule has 0 bridgehead atoms. The second kappa shape index (κ2) is 6.74. The van der Waals surface area contributed by atoms with Gasteiger partial charge in [0.25, 0.3) is 5.91 Å². The highest BCUT2D eigenvalue weighted by Gasteiger charge is 2.23. The van der Waals surface area contributed by atoms with Crippen LogP contribution in [0.15, 0.2) is 17.5 Å². The van der Waals surface area contributed by atoms with E-state index in [0.29, 0.717) is 5.92 Å². The molecule has 0 fully saturated rings. The molecule has 0 aliphatic heterocycles. The Morgan fingerprint density at radius 1 is 1.59 bits per heavy atom. The molecule has 0 spiro atoms. The average molecular weight is 256 g/mol. The SMILES string of the molecule is COC(CN)C(=O)NC(c1cccs1)C(C)C. The van der Waals surface area contributed by atoms with Crippen LogP contribution in [0.3, 0.4) is 0 Å². The minimum atomic E-state index is -0.573. The number of carbonyl (C=O) groups is 1. The van der Waals surface area contributed by atoms with Gasteiger partial charge >= 0.3 is 0 Å². The van der Waals surface area contributed by atoms with E-state index >= 15 is 0 Å². The van der Waals surface area contributed by atoms with Gasteiger partial charge in [-0.3, -0.25) is 4.79 Å². The molecule has 1 aromatic heterocycles. The Balaban J connectivity index is 2.71. The molecule has 0 saturated carbocycles. The Labute approximate surface area is 106 Å². The van der Waals surface area contributed by atoms with Crippen LogP contribution in [0.2, 0.25) is 0 Å². The first-order chi connectivity index (χ1) is 8.10. The minimum absolute atomic E-state index is 0.0201. The average Bonchev–Trinajstić information content (AvgIpc) is 2.80. The molecule has 3 N–H and O–H groups in total. The van der Waals surface area contributed by atoms with Crippen molar-refractivity contribution in [2.24, 2.45) is 11.7 Å². The number of nitrogens with one attached hydrogen (secondary N) is 1. The third-order valence-electron chi connectivity index (χ3n) is 2.61. The van der Waals surface area contributed by atoms with E-state index in [1.165, 1.54) is 7.11 Å². The highest BCUT2D eigenvalue weighted by molar-refractivity contribution is 7.10. The van der Waals surface area contributed by atoms with E-state index in [4.69, 9.17) is 10.5 Å². The molecule has 0 saturated heterocycles. The molecule has 1 amide bonds. The van der Waals surface area contributed by atoms with E-state index in [1.807, 2.05) is 17.5 Å². The van der Waals surface area contributed by atoms with Crippen LogP contribution in [0.25, 0.3) is 0 Å². The van der Waals surface area contributed by atoms with E-state index in [-0.39, 0.29) is 18.5 Å². The molecule has 0 aromatic carbocycles. The first-order valence-corrected chi connectivity index (χ1v) is 6.54. The number of thiophene rings is 1. The van der Waals surface area contributed by atoms with Crippen molar-refractivity contribution in [2.45, 2.75) is 26.0 Å². The Bertz CT molecular complexity index is 334. The van der Waals surface area contributed by atoms with Crippen molar-refractivity contribution in [3.8, 4) is 0 Å². The molecule has 0 aliphatic rings. The number of ether oxygens (including phenoxy) is 1. The van der Waals surface area contributed by atoms with E-state index in [0.717, 1.165) is 4.88 Å². The standard InChI is InChI=1S/C12H20N2O2S/c1-8(2)11(10-5-4-6-17-10)14-12(15)9(7-13)16-3/h4-6,8-9,11H,7,13H2,1-3H3,(H,14,15). The van der Waals surface area contributed by atoms with Crippen LogP contribution >= 0.6 is 11.3 Å². The summed E-state index contributed by atoms with van der Waals surface area (Å²) >= 11 is 1.64. The fourth-order valence-electron chi connectivity index (χ4n) is 1.59. The maximum Gasteiger partial charge on any atom is 0.250 e. The number of carbonyl (C=O) groups excluding carboxylic acids is 1. The molecular weight excluding hydrogens is 236 g/mol. The third kappa shape index (κ3) is 3.80. The van der Waals surface area contributed by atoms with Crippen LogP contribution in [0.1, 0.15) is 24.8 Å². The van der Waals surface area contributed by atoms with Gasteiger partial charge < -0.3 is 15.8 Å². The van der Waals surface area contributed by atoms with E-state index in [2.05, 4.69) is 19.2 Å². The van der Waals surface area contributed by atoms with Gasteiger partial charge in [0, 0.05) is 18.5 Å². The van der Waals surface area contributed by atoms with Crippen LogP contribution in [0.5, 0.6) is 0 Å². The maximum atomic E-state index is 11.9. The summed E-state index contributed by atoms with van der Waals surface area (Å²) in [5.41, 5.74) is 5.47. The fraction of sp³-hybridized carbons (Fsp3) is 0.583. The largest absolute Gasteiger partial charge is 0.370 e. The van der Waals surface area contributed by atoms with Crippen LogP contribution in [-0.4, -0.2) is 25.7 Å². The van der Waals surface area contributed by atoms with E-state index in [9.17, 15) is 4.79 Å². The van der Waals surface area contributed by atoms with Crippen LogP contribution in [-0.2, 0) is 9.53 Å². The van der Waals surface area contributed by atoms with Crippen molar-refractivity contribution in [3.63, 3.8) is 0 Å². The second-order valence-electron chi connectivity index (χ2n) is 4.21. The zero-order valence-electron chi connectivity index (χ0n) is 10.5. The van der Waals surface area contributed by atoms with Crippen molar-refractivity contribution in [1.29, 1.82) is 0 Å². The fourth-order valence-corrected chi connectivity index (χ4v) is 2.54. The summed E-state index contributed by atoms with van der Waals surface area (Å²) in [6.45, 7) is 4.35. The first-order valence-electron chi connectivity index (χ1n) is 5.66. The number of methoxy groups -OCH3 is 1. The van der Waals surface area contributed by atoms with Crippen molar-refractivity contribution < 1.29 is 9.53 Å². The van der Waals surface area contributed by atoms with Gasteiger partial charge in [-0.15, -0.1) is 11.3 Å². The Morgan fingerprint density at radius 3 is 2.71 bits per heavy atom. The number of hydrogen-bond acceptors (Lipinski definition) is 4. The van der Waals surface area contributed by atoms with Crippen molar-refractivity contribution in [3.05, 3.63) is 22.4 Å². The normalized spacial score (nSPS) is 14.6. The van der Waals surface area contributed by atoms with Gasteiger partial charge in [0.15, 0.2) is 0 Å². The van der Waals surface area contributed by atoms with Gasteiger partial charge in [-0.25, -0.2) is 0 Å². The third-order valence-corrected chi connectivity index (χ3v) is 3.56. The molecule has 0 aliphatic carbocycles. The predicted octanol–water partition coefficient (Wildman–Crippen LogP) is 1.54. The lowest BCUT2D eigenvalue weighted by atomic mass is 10.0. The predicted molar refractivity (Wildman–Crippen MR) is 69.9 cm³/mol. The molecule has 5 heteroatoms. The zero-order valence-corrected chi connectivity index (χ0v) is 11.3. The summed E-state index contributed by atoms with van der Waals surface area (Å²) in [7, 11) is 1.49. The van der Waals surface area contributed by atoms with Crippen molar-refractivity contribution in [1.82, 2.24) is 5.32 Å². The van der Waals surface area contributed by atoms with Crippen LogP contribution in [0, 0.1) is 5.92 Å². The quantitative estimate of drug-likeness (QED) is 0.811. The lowest BCUT2D eigenvalue weighted by Gasteiger charge is -2.23. The monoisotopic (exact) mass is 256 g/mol. The maximum absolute atomic E-state index is 11.9. The first kappa shape index (κ1) is 14.2. The molecule has 1 heterocycles. The van der Waals surface area contributed by atoms with Crippen LogP contribution < -0.4 is 11.1 Å². The lowest BCUT2D eigenvalue weighted by Crippen LogP contribution is -2.43. The molecule has 96 valence electrons. The van der Waals surface area contributed by atoms with Crippen molar-refractivity contribution in [2.75, 3.05) is 13.7 Å². The number of amides is 1. The lowest BCUT2D eigenvalue weighted by molar-refractivity contribution is -0.131. The summed E-state index contributed by atoms with van der Waals surface area (Å²) in [5, 5.41) is 4.99. The van der Waals surface area contributed by atoms with Gasteiger partial charge in [0.1, 0.15) is 6.10 Å². The molecule has 1 aromatic rings. The smallest absolute Gasteiger partial charge is 0.250 e. The van der Waals surface area contributed by atoms with Crippen LogP contribution in [0.4, 0.5) is 0 Å². The minimum Gasteiger partial charge on any atom is -0.370 e. The summed E-state index contributed by atoms with van der Waals surface area (Å²) in [5.74, 6) is 0.176. The number of rotatable bonds is 6. The molecule has 0 radical (unpaired) electrons. The summed E-state index contributed by atoms with van der Waals surface area (Å²) in [6, 6.07) is 4.03. The van der Waals surface area contributed by atoms with Crippen molar-refractivity contribution >= 4 is 17.2 Å². The highest BCUT2D eigenvalue weighted by Crippen LogP contribution is 2.25. The van der Waals surface area contributed by atoms with Gasteiger partial charge in [-0.2, -0.15) is 0 Å². The van der Waals surface area contributed by atoms with Gasteiger partial charge in [0.2, 0.25) is 0 Å². The molecule has 4 nitrogen and oxygen atoms in total. The summed E-state index contributed by atoms with van der Waals surface area (Å²) < 4.78 is 5.03. The Kier molecular flexibility index (Phi) is 5.61. The Morgan fingerprint density at radius 2 is 2.29 bits per heavy atom. The second-order valence-corrected chi connectivity index (χ2v) is 5.19. The van der Waals surface area contributed by atoms with Gasteiger partial charge in [-0.1, -0.05) is 19.9 Å². The summed E-state index contributed by atoms with van der Waals surface area (Å²) in [6.07, 6.45) is -0.573. The topological polar surface area (TPSA) is 64.3 Å². The molecule has 17 heavy (non-hydrogen) atoms. The summed E-state index contributed by atoms with van der Waals surface area (Å²) in [4.78, 5) is 13.1. The number of hydrogen-bond donors (Lipinski definition) is 2.